The van der Waals surface area contributed by atoms with Gasteiger partial charge in [-0.05, 0) is 25.3 Å². The molecule has 0 bridgehead atoms. The summed E-state index contributed by atoms with van der Waals surface area (Å²) in [4.78, 5) is 39.4. The molecule has 2 aromatic carbocycles. The fourth-order valence-electron chi connectivity index (χ4n) is 6.92. The van der Waals surface area contributed by atoms with Crippen molar-refractivity contribution in [2.45, 2.75) is 57.8 Å². The smallest absolute Gasteiger partial charge is 0.303 e. The zero-order valence-corrected chi connectivity index (χ0v) is 23.9. The summed E-state index contributed by atoms with van der Waals surface area (Å²) in [6.07, 6.45) is -1.73. The lowest BCUT2D eigenvalue weighted by Gasteiger charge is -2.35. The highest BCUT2D eigenvalue weighted by Crippen LogP contribution is 2.59. The molecule has 0 spiro atoms. The van der Waals surface area contributed by atoms with Crippen molar-refractivity contribution >= 4 is 27.7 Å². The van der Waals surface area contributed by atoms with E-state index in [9.17, 15) is 29.7 Å². The molecule has 224 valence electrons. The van der Waals surface area contributed by atoms with Crippen LogP contribution in [0.1, 0.15) is 73.1 Å². The highest BCUT2D eigenvalue weighted by atomic mass is 16.7. The normalized spacial score (nSPS) is 20.3. The van der Waals surface area contributed by atoms with E-state index in [-0.39, 0.29) is 70.6 Å². The summed E-state index contributed by atoms with van der Waals surface area (Å²) < 4.78 is 30.7. The van der Waals surface area contributed by atoms with Gasteiger partial charge in [0.2, 0.25) is 5.43 Å². The van der Waals surface area contributed by atoms with E-state index in [2.05, 4.69) is 0 Å². The zero-order valence-electron chi connectivity index (χ0n) is 23.9. The van der Waals surface area contributed by atoms with Crippen molar-refractivity contribution in [2.24, 2.45) is 7.05 Å². The summed E-state index contributed by atoms with van der Waals surface area (Å²) in [5.41, 5.74) is 0.285. The minimum atomic E-state index is -1.23. The molecule has 3 aliphatic rings. The monoisotopic (exact) mass is 591 g/mol. The van der Waals surface area contributed by atoms with Crippen LogP contribution < -0.4 is 20.5 Å². The van der Waals surface area contributed by atoms with Crippen molar-refractivity contribution < 1.29 is 43.5 Å². The molecule has 0 fully saturated rings. The van der Waals surface area contributed by atoms with Gasteiger partial charge in [-0.15, -0.1) is 0 Å². The van der Waals surface area contributed by atoms with Gasteiger partial charge in [0.15, 0.2) is 30.0 Å². The fourth-order valence-corrected chi connectivity index (χ4v) is 6.92. The number of ether oxygens (including phenoxy) is 4. The van der Waals surface area contributed by atoms with Crippen LogP contribution in [0, 0.1) is 0 Å². The van der Waals surface area contributed by atoms with Gasteiger partial charge in [-0.25, -0.2) is 0 Å². The Morgan fingerprint density at radius 2 is 1.86 bits per heavy atom. The predicted molar refractivity (Wildman–Crippen MR) is 152 cm³/mol. The highest BCUT2D eigenvalue weighted by Gasteiger charge is 2.42. The number of hydrogen-bond donors (Lipinski definition) is 3. The number of rotatable bonds is 3. The second-order valence-corrected chi connectivity index (χ2v) is 11.1. The summed E-state index contributed by atoms with van der Waals surface area (Å²) in [6, 6.07) is 1.80. The SMILES string of the molecule is CCc1cc2c3c4c(c(O)c2c(=O)n1C)-c1c(c(OC)c2oc5c(c(=O)c2c1O)[C@H](O)CC[C@@H]5OC(C)=O)C[C@@H]4OCO3. The fraction of sp³-hybridized carbons (Fsp3) is 0.387. The second-order valence-electron chi connectivity index (χ2n) is 11.1. The zero-order chi connectivity index (χ0) is 30.5. The van der Waals surface area contributed by atoms with Gasteiger partial charge >= 0.3 is 5.97 Å². The molecule has 7 rings (SSSR count). The number of methoxy groups -OCH3 is 1. The number of aromatic hydroxyl groups is 2. The predicted octanol–water partition coefficient (Wildman–Crippen LogP) is 3.69. The van der Waals surface area contributed by atoms with Gasteiger partial charge in [0.25, 0.3) is 5.56 Å². The number of carbonyl (C=O) groups is 1. The van der Waals surface area contributed by atoms with Crippen LogP contribution in [-0.2, 0) is 34.2 Å². The average molecular weight is 592 g/mol. The van der Waals surface area contributed by atoms with Crippen molar-refractivity contribution in [1.82, 2.24) is 4.57 Å². The number of nitrogens with zero attached hydrogens (tertiary/aromatic N) is 1. The van der Waals surface area contributed by atoms with Crippen molar-refractivity contribution in [3.8, 4) is 34.1 Å². The number of pyridine rings is 1. The first-order valence-electron chi connectivity index (χ1n) is 14.0. The van der Waals surface area contributed by atoms with Gasteiger partial charge in [-0.2, -0.15) is 0 Å². The summed E-state index contributed by atoms with van der Waals surface area (Å²) in [6.45, 7) is 3.03. The van der Waals surface area contributed by atoms with Gasteiger partial charge < -0.3 is 43.3 Å². The van der Waals surface area contributed by atoms with Gasteiger partial charge in [0.1, 0.15) is 22.6 Å². The summed E-state index contributed by atoms with van der Waals surface area (Å²) in [5.74, 6) is -1.07. The molecule has 0 saturated carbocycles. The molecule has 3 heterocycles. The molecule has 0 amide bonds. The molecule has 0 radical (unpaired) electrons. The first-order valence-corrected chi connectivity index (χ1v) is 14.0. The molecule has 2 aliphatic carbocycles. The van der Waals surface area contributed by atoms with Crippen LogP contribution in [0.3, 0.4) is 0 Å². The Morgan fingerprint density at radius 1 is 1.12 bits per heavy atom. The number of carbonyl (C=O) groups excluding carboxylic acids is 1. The van der Waals surface area contributed by atoms with E-state index in [1.165, 1.54) is 18.6 Å². The van der Waals surface area contributed by atoms with Crippen LogP contribution in [0.4, 0.5) is 0 Å². The molecule has 12 heteroatoms. The largest absolute Gasteiger partial charge is 0.506 e. The first kappa shape index (κ1) is 27.3. The Labute approximate surface area is 243 Å². The lowest BCUT2D eigenvalue weighted by atomic mass is 9.78. The molecule has 43 heavy (non-hydrogen) atoms. The van der Waals surface area contributed by atoms with Crippen LogP contribution in [0.5, 0.6) is 23.0 Å². The highest BCUT2D eigenvalue weighted by molar-refractivity contribution is 6.07. The lowest BCUT2D eigenvalue weighted by Crippen LogP contribution is -2.27. The minimum absolute atomic E-state index is 0.00228. The number of aliphatic hydroxyl groups excluding tert-OH is 1. The van der Waals surface area contributed by atoms with E-state index < -0.39 is 46.8 Å². The molecule has 1 aliphatic heterocycles. The Balaban J connectivity index is 1.63. The van der Waals surface area contributed by atoms with Gasteiger partial charge in [0.05, 0.1) is 30.3 Å². The second kappa shape index (κ2) is 9.48. The topological polar surface area (TPSA) is 167 Å². The summed E-state index contributed by atoms with van der Waals surface area (Å²) in [5, 5.41) is 34.6. The Hall–Kier alpha value is -4.55. The van der Waals surface area contributed by atoms with E-state index >= 15 is 0 Å². The molecule has 4 aromatic rings. The van der Waals surface area contributed by atoms with E-state index in [0.717, 1.165) is 5.69 Å². The van der Waals surface area contributed by atoms with Crippen molar-refractivity contribution in [3.63, 3.8) is 0 Å². The number of phenolic OH excluding ortho intramolecular Hbond substituents is 2. The Bertz CT molecular complexity index is 2020. The third-order valence-corrected chi connectivity index (χ3v) is 8.83. The van der Waals surface area contributed by atoms with Gasteiger partial charge in [-0.1, -0.05) is 6.92 Å². The van der Waals surface area contributed by atoms with Gasteiger partial charge in [0, 0.05) is 53.7 Å². The number of hydrogen-bond acceptors (Lipinski definition) is 11. The number of phenols is 2. The van der Waals surface area contributed by atoms with Crippen molar-refractivity contribution in [1.29, 1.82) is 0 Å². The maximum Gasteiger partial charge on any atom is 0.303 e. The Kier molecular flexibility index (Phi) is 6.02. The molecule has 0 unspecified atom stereocenters. The number of fused-ring (bicyclic) bond motifs is 6. The molecule has 2 aromatic heterocycles. The number of aromatic nitrogens is 1. The van der Waals surface area contributed by atoms with Crippen LogP contribution in [0.2, 0.25) is 0 Å². The standard InChI is InChI=1S/C31H29NO11/c1-5-12-8-13-19(31(38)32(12)3)25(36)22-18-14(9-17-21(22)27(13)41-10-40-17)28(39-4)30-23(24(18)35)26(37)20-15(34)6-7-16(29(20)43-30)42-11(2)33/h8,15-17,34-36H,5-7,9-10H2,1-4H3/t15-,16+,17+/m1/s1. The van der Waals surface area contributed by atoms with Crippen LogP contribution in [0.15, 0.2) is 20.1 Å². The maximum absolute atomic E-state index is 14.0. The number of benzene rings is 2. The van der Waals surface area contributed by atoms with E-state index in [4.69, 9.17) is 23.4 Å². The number of esters is 1. The van der Waals surface area contributed by atoms with Crippen molar-refractivity contribution in [3.05, 3.63) is 54.8 Å². The molecule has 0 saturated heterocycles. The van der Waals surface area contributed by atoms with Gasteiger partial charge in [-0.3, -0.25) is 14.4 Å². The summed E-state index contributed by atoms with van der Waals surface area (Å²) >= 11 is 0. The maximum atomic E-state index is 14.0. The lowest BCUT2D eigenvalue weighted by molar-refractivity contribution is -0.149. The molecule has 12 nitrogen and oxygen atoms in total. The molecular formula is C31H29NO11. The van der Waals surface area contributed by atoms with Crippen LogP contribution >= 0.6 is 0 Å². The van der Waals surface area contributed by atoms with E-state index in [1.807, 2.05) is 6.92 Å². The summed E-state index contributed by atoms with van der Waals surface area (Å²) in [7, 11) is 2.99. The molecule has 3 N–H and O–H groups in total. The third kappa shape index (κ3) is 3.59. The number of aryl methyl sites for hydroxylation is 1. The quantitative estimate of drug-likeness (QED) is 0.297. The molecular weight excluding hydrogens is 562 g/mol. The molecule has 3 atom stereocenters. The Morgan fingerprint density at radius 3 is 2.56 bits per heavy atom. The minimum Gasteiger partial charge on any atom is -0.506 e. The van der Waals surface area contributed by atoms with E-state index in [1.54, 1.807) is 13.1 Å². The third-order valence-electron chi connectivity index (χ3n) is 8.83. The van der Waals surface area contributed by atoms with Crippen LogP contribution in [-0.4, -0.2) is 39.8 Å². The number of aliphatic hydroxyl groups is 1. The van der Waals surface area contributed by atoms with E-state index in [0.29, 0.717) is 28.7 Å². The average Bonchev–Trinajstić information content (AvgIpc) is 2.97. The first-order chi connectivity index (χ1) is 20.6. The van der Waals surface area contributed by atoms with Crippen molar-refractivity contribution in [2.75, 3.05) is 13.9 Å². The van der Waals surface area contributed by atoms with Crippen LogP contribution in [0.25, 0.3) is 32.9 Å².